The van der Waals surface area contributed by atoms with Crippen LogP contribution in [0.2, 0.25) is 0 Å². The number of hydrogen-bond donors (Lipinski definition) is 2. The van der Waals surface area contributed by atoms with E-state index >= 15 is 0 Å². The molecule has 0 bridgehead atoms. The Morgan fingerprint density at radius 3 is 2.73 bits per heavy atom. The van der Waals surface area contributed by atoms with Gasteiger partial charge in [0.25, 0.3) is 0 Å². The largest absolute Gasteiger partial charge is 0.480 e. The van der Waals surface area contributed by atoms with Gasteiger partial charge in [-0.05, 0) is 38.5 Å². The van der Waals surface area contributed by atoms with Gasteiger partial charge in [-0.15, -0.1) is 6.58 Å². The van der Waals surface area contributed by atoms with Crippen LogP contribution < -0.4 is 5.32 Å². The maximum Gasteiger partial charge on any atom is 0.326 e. The molecule has 0 saturated carbocycles. The Kier molecular flexibility index (Phi) is 7.63. The van der Waals surface area contributed by atoms with E-state index in [9.17, 15) is 19.5 Å². The highest BCUT2D eigenvalue weighted by atomic mass is 16.4. The van der Waals surface area contributed by atoms with Gasteiger partial charge in [0.1, 0.15) is 12.1 Å². The van der Waals surface area contributed by atoms with Crippen molar-refractivity contribution in [1.29, 1.82) is 0 Å². The van der Waals surface area contributed by atoms with Crippen LogP contribution in [-0.4, -0.2) is 46.4 Å². The quantitative estimate of drug-likeness (QED) is 0.668. The van der Waals surface area contributed by atoms with Gasteiger partial charge in [-0.1, -0.05) is 13.0 Å². The van der Waals surface area contributed by atoms with Gasteiger partial charge in [0.2, 0.25) is 11.8 Å². The van der Waals surface area contributed by atoms with E-state index in [4.69, 9.17) is 0 Å². The van der Waals surface area contributed by atoms with Crippen LogP contribution in [0.15, 0.2) is 12.7 Å². The Bertz CT molecular complexity index is 422. The zero-order valence-corrected chi connectivity index (χ0v) is 13.2. The summed E-state index contributed by atoms with van der Waals surface area (Å²) >= 11 is 0. The highest BCUT2D eigenvalue weighted by Gasteiger charge is 2.33. The van der Waals surface area contributed by atoms with Crippen molar-refractivity contribution in [3.63, 3.8) is 0 Å². The molecule has 0 aromatic rings. The van der Waals surface area contributed by atoms with E-state index in [1.54, 1.807) is 11.0 Å². The van der Waals surface area contributed by atoms with E-state index in [0.717, 1.165) is 19.3 Å². The first-order chi connectivity index (χ1) is 10.5. The zero-order valence-electron chi connectivity index (χ0n) is 13.2. The lowest BCUT2D eigenvalue weighted by Gasteiger charge is -2.35. The third-order valence-corrected chi connectivity index (χ3v) is 3.86. The second-order valence-corrected chi connectivity index (χ2v) is 5.61. The summed E-state index contributed by atoms with van der Waals surface area (Å²) in [4.78, 5) is 37.3. The zero-order chi connectivity index (χ0) is 16.5. The Morgan fingerprint density at radius 2 is 2.14 bits per heavy atom. The third-order valence-electron chi connectivity index (χ3n) is 3.86. The monoisotopic (exact) mass is 310 g/mol. The number of nitrogens with zero attached hydrogens (tertiary/aromatic N) is 1. The maximum absolute atomic E-state index is 12.4. The van der Waals surface area contributed by atoms with E-state index < -0.39 is 18.1 Å². The predicted octanol–water partition coefficient (Wildman–Crippen LogP) is 1.70. The minimum absolute atomic E-state index is 0.0275. The molecule has 2 amide bonds. The summed E-state index contributed by atoms with van der Waals surface area (Å²) in [5, 5.41) is 11.7. The van der Waals surface area contributed by atoms with E-state index in [1.807, 2.05) is 6.92 Å². The number of likely N-dealkylation sites (tertiary alicyclic amines) is 1. The van der Waals surface area contributed by atoms with Gasteiger partial charge < -0.3 is 15.3 Å². The van der Waals surface area contributed by atoms with Crippen molar-refractivity contribution in [3.8, 4) is 0 Å². The van der Waals surface area contributed by atoms with Gasteiger partial charge in [-0.25, -0.2) is 4.79 Å². The normalized spacial score (nSPS) is 19.3. The van der Waals surface area contributed by atoms with Crippen LogP contribution >= 0.6 is 0 Å². The van der Waals surface area contributed by atoms with E-state index in [-0.39, 0.29) is 11.8 Å². The number of rotatable bonds is 8. The molecule has 1 heterocycles. The Labute approximate surface area is 131 Å². The first-order valence-electron chi connectivity index (χ1n) is 7.94. The number of aliphatic carboxylic acids is 1. The van der Waals surface area contributed by atoms with E-state index in [1.165, 1.54) is 0 Å². The van der Waals surface area contributed by atoms with Crippen molar-refractivity contribution in [2.45, 2.75) is 64.0 Å². The summed E-state index contributed by atoms with van der Waals surface area (Å²) in [5.74, 6) is -1.45. The van der Waals surface area contributed by atoms with Crippen LogP contribution in [-0.2, 0) is 14.4 Å². The predicted molar refractivity (Wildman–Crippen MR) is 83.3 cm³/mol. The molecule has 2 N–H and O–H groups in total. The van der Waals surface area contributed by atoms with Crippen molar-refractivity contribution in [2.75, 3.05) is 6.54 Å². The molecule has 0 radical (unpaired) electrons. The fourth-order valence-electron chi connectivity index (χ4n) is 2.67. The lowest BCUT2D eigenvalue weighted by atomic mass is 10.00. The Morgan fingerprint density at radius 1 is 1.41 bits per heavy atom. The first-order valence-corrected chi connectivity index (χ1v) is 7.94. The number of amides is 2. The van der Waals surface area contributed by atoms with Crippen LogP contribution in [0.25, 0.3) is 0 Å². The average Bonchev–Trinajstić information content (AvgIpc) is 2.51. The lowest BCUT2D eigenvalue weighted by Crippen LogP contribution is -2.54. The molecule has 0 spiro atoms. The third kappa shape index (κ3) is 5.16. The fourth-order valence-corrected chi connectivity index (χ4v) is 2.67. The van der Waals surface area contributed by atoms with Gasteiger partial charge in [0.15, 0.2) is 0 Å². The van der Waals surface area contributed by atoms with Crippen molar-refractivity contribution in [2.24, 2.45) is 0 Å². The second-order valence-electron chi connectivity index (χ2n) is 5.61. The van der Waals surface area contributed by atoms with Crippen LogP contribution in [0.5, 0.6) is 0 Å². The first kappa shape index (κ1) is 18.2. The van der Waals surface area contributed by atoms with Crippen molar-refractivity contribution in [1.82, 2.24) is 10.2 Å². The smallest absolute Gasteiger partial charge is 0.326 e. The molecule has 1 saturated heterocycles. The Hall–Kier alpha value is -1.85. The highest BCUT2D eigenvalue weighted by Crippen LogP contribution is 2.19. The van der Waals surface area contributed by atoms with Gasteiger partial charge >= 0.3 is 5.97 Å². The summed E-state index contributed by atoms with van der Waals surface area (Å²) in [6.07, 6.45) is 5.95. The van der Waals surface area contributed by atoms with Gasteiger partial charge in [-0.2, -0.15) is 0 Å². The minimum atomic E-state index is -1.06. The van der Waals surface area contributed by atoms with Crippen molar-refractivity contribution < 1.29 is 19.5 Å². The average molecular weight is 310 g/mol. The minimum Gasteiger partial charge on any atom is -0.480 e. The van der Waals surface area contributed by atoms with Crippen molar-refractivity contribution in [3.05, 3.63) is 12.7 Å². The topological polar surface area (TPSA) is 86.7 Å². The number of nitrogens with one attached hydrogen (secondary N) is 1. The number of carboxylic acid groups (broad SMARTS) is 1. The summed E-state index contributed by atoms with van der Waals surface area (Å²) < 4.78 is 0. The highest BCUT2D eigenvalue weighted by molar-refractivity contribution is 5.90. The number of carbonyl (C=O) groups is 3. The molecule has 0 aliphatic carbocycles. The van der Waals surface area contributed by atoms with E-state index in [2.05, 4.69) is 11.9 Å². The van der Waals surface area contributed by atoms with Gasteiger partial charge in [0.05, 0.1) is 0 Å². The SMILES string of the molecule is C=CCCC(NC(=O)C1CCCCN1C(=O)CCC)C(=O)O. The summed E-state index contributed by atoms with van der Waals surface area (Å²) in [6.45, 7) is 6.05. The molecule has 0 aromatic carbocycles. The second kappa shape index (κ2) is 9.23. The van der Waals surface area contributed by atoms with E-state index in [0.29, 0.717) is 32.2 Å². The molecule has 6 heteroatoms. The van der Waals surface area contributed by atoms with Gasteiger partial charge in [-0.3, -0.25) is 9.59 Å². The summed E-state index contributed by atoms with van der Waals surface area (Å²) in [7, 11) is 0. The fraction of sp³-hybridized carbons (Fsp3) is 0.688. The Balaban J connectivity index is 2.72. The molecule has 1 aliphatic rings. The summed E-state index contributed by atoms with van der Waals surface area (Å²) in [6, 6.07) is -1.48. The number of hydrogen-bond acceptors (Lipinski definition) is 3. The van der Waals surface area contributed by atoms with Gasteiger partial charge in [0, 0.05) is 13.0 Å². The molecule has 2 atom stereocenters. The molecular formula is C16H26N2O4. The molecular weight excluding hydrogens is 284 g/mol. The van der Waals surface area contributed by atoms with Crippen LogP contribution in [0.4, 0.5) is 0 Å². The molecule has 0 aromatic heterocycles. The van der Waals surface area contributed by atoms with Crippen LogP contribution in [0.1, 0.15) is 51.9 Å². The molecule has 22 heavy (non-hydrogen) atoms. The summed E-state index contributed by atoms with van der Waals surface area (Å²) in [5.41, 5.74) is 0. The number of carboxylic acids is 1. The standard InChI is InChI=1S/C16H26N2O4/c1-3-5-9-12(16(21)22)17-15(20)13-10-6-7-11-18(13)14(19)8-4-2/h3,12-13H,1,4-11H2,2H3,(H,17,20)(H,21,22). The molecule has 6 nitrogen and oxygen atoms in total. The lowest BCUT2D eigenvalue weighted by molar-refractivity contribution is -0.146. The maximum atomic E-state index is 12.4. The molecule has 1 rings (SSSR count). The van der Waals surface area contributed by atoms with Crippen molar-refractivity contribution >= 4 is 17.8 Å². The molecule has 1 aliphatic heterocycles. The molecule has 124 valence electrons. The molecule has 1 fully saturated rings. The van der Waals surface area contributed by atoms with Crippen LogP contribution in [0, 0.1) is 0 Å². The van der Waals surface area contributed by atoms with Crippen LogP contribution in [0.3, 0.4) is 0 Å². The number of carbonyl (C=O) groups excluding carboxylic acids is 2. The number of allylic oxidation sites excluding steroid dienone is 1. The molecule has 2 unspecified atom stereocenters. The number of piperidine rings is 1.